The monoisotopic (exact) mass is 501 g/mol. The standard InChI is InChI=1S/C26H32ClN3O5/c1-7-30(12-13-31)18-9-11-20(16(2)14-18)28-22(23(32)26(3,4)5)24(33)29-21-15-17(25(34)35-6)8-10-19(21)27/h8-11,14-15,31H,7,12-13H2,1-6H3,(H,29,33)/b28-22-. The number of carbonyl (C=O) groups excluding carboxylic acids is 3. The van der Waals surface area contributed by atoms with Gasteiger partial charge in [0.15, 0.2) is 11.5 Å². The third kappa shape index (κ3) is 7.13. The third-order valence-electron chi connectivity index (χ3n) is 5.28. The fourth-order valence-corrected chi connectivity index (χ4v) is 3.44. The van der Waals surface area contributed by atoms with Gasteiger partial charge in [-0.05, 0) is 55.8 Å². The molecule has 0 aliphatic rings. The normalized spacial score (nSPS) is 11.7. The molecule has 0 aliphatic carbocycles. The van der Waals surface area contributed by atoms with Crippen LogP contribution < -0.4 is 10.2 Å². The quantitative estimate of drug-likeness (QED) is 0.296. The molecule has 9 heteroatoms. The molecule has 0 spiro atoms. The summed E-state index contributed by atoms with van der Waals surface area (Å²) in [5.74, 6) is -1.78. The van der Waals surface area contributed by atoms with E-state index in [0.29, 0.717) is 18.8 Å². The highest BCUT2D eigenvalue weighted by molar-refractivity contribution is 6.68. The number of hydrogen-bond donors (Lipinski definition) is 2. The largest absolute Gasteiger partial charge is 0.465 e. The van der Waals surface area contributed by atoms with Gasteiger partial charge in [-0.1, -0.05) is 32.4 Å². The van der Waals surface area contributed by atoms with Crippen molar-refractivity contribution in [3.8, 4) is 0 Å². The van der Waals surface area contributed by atoms with Gasteiger partial charge >= 0.3 is 5.97 Å². The number of Topliss-reactive ketones (excluding diaryl/α,β-unsaturated/α-hetero) is 1. The van der Waals surface area contributed by atoms with Crippen LogP contribution in [-0.2, 0) is 14.3 Å². The Kier molecular flexibility index (Phi) is 9.56. The molecule has 0 unspecified atom stereocenters. The minimum atomic E-state index is -0.873. The van der Waals surface area contributed by atoms with E-state index >= 15 is 0 Å². The lowest BCUT2D eigenvalue weighted by Gasteiger charge is -2.23. The lowest BCUT2D eigenvalue weighted by molar-refractivity contribution is -0.121. The summed E-state index contributed by atoms with van der Waals surface area (Å²) in [5, 5.41) is 12.1. The number of carbonyl (C=O) groups is 3. The molecule has 0 fully saturated rings. The zero-order valence-electron chi connectivity index (χ0n) is 20.9. The van der Waals surface area contributed by atoms with E-state index in [2.05, 4.69) is 10.3 Å². The van der Waals surface area contributed by atoms with Crippen LogP contribution in [0, 0.1) is 12.3 Å². The fraction of sp³-hybridized carbons (Fsp3) is 0.385. The van der Waals surface area contributed by atoms with Crippen molar-refractivity contribution in [3.05, 3.63) is 52.5 Å². The van der Waals surface area contributed by atoms with Crippen molar-refractivity contribution < 1.29 is 24.2 Å². The van der Waals surface area contributed by atoms with Gasteiger partial charge in [-0.15, -0.1) is 0 Å². The number of ether oxygens (including phenoxy) is 1. The number of nitrogens with zero attached hydrogens (tertiary/aromatic N) is 2. The molecular weight excluding hydrogens is 470 g/mol. The molecule has 35 heavy (non-hydrogen) atoms. The molecule has 188 valence electrons. The Morgan fingerprint density at radius 2 is 1.83 bits per heavy atom. The number of ketones is 1. The van der Waals surface area contributed by atoms with Gasteiger partial charge < -0.3 is 20.1 Å². The van der Waals surface area contributed by atoms with Gasteiger partial charge in [0.1, 0.15) is 0 Å². The van der Waals surface area contributed by atoms with E-state index in [-0.39, 0.29) is 28.6 Å². The first-order valence-electron chi connectivity index (χ1n) is 11.2. The van der Waals surface area contributed by atoms with Gasteiger partial charge in [0, 0.05) is 24.2 Å². The molecule has 2 aromatic rings. The number of aliphatic hydroxyl groups is 1. The van der Waals surface area contributed by atoms with E-state index in [9.17, 15) is 19.5 Å². The van der Waals surface area contributed by atoms with E-state index in [4.69, 9.17) is 16.3 Å². The molecular formula is C26H32ClN3O5. The van der Waals surface area contributed by atoms with Crippen molar-refractivity contribution in [2.24, 2.45) is 10.4 Å². The molecule has 2 rings (SSSR count). The first-order chi connectivity index (χ1) is 16.4. The van der Waals surface area contributed by atoms with E-state index in [1.807, 2.05) is 30.9 Å². The first-order valence-corrected chi connectivity index (χ1v) is 11.6. The van der Waals surface area contributed by atoms with Gasteiger partial charge in [0.05, 0.1) is 35.7 Å². The predicted molar refractivity (Wildman–Crippen MR) is 139 cm³/mol. The van der Waals surface area contributed by atoms with Gasteiger partial charge in [0.25, 0.3) is 5.91 Å². The van der Waals surface area contributed by atoms with Crippen molar-refractivity contribution in [3.63, 3.8) is 0 Å². The Morgan fingerprint density at radius 1 is 1.14 bits per heavy atom. The Hall–Kier alpha value is -3.23. The molecule has 2 aromatic carbocycles. The maximum Gasteiger partial charge on any atom is 0.337 e. The third-order valence-corrected chi connectivity index (χ3v) is 5.61. The van der Waals surface area contributed by atoms with E-state index in [1.54, 1.807) is 26.8 Å². The molecule has 2 N–H and O–H groups in total. The van der Waals surface area contributed by atoms with Crippen molar-refractivity contribution in [1.29, 1.82) is 0 Å². The zero-order valence-corrected chi connectivity index (χ0v) is 21.7. The van der Waals surface area contributed by atoms with Crippen LogP contribution in [0.25, 0.3) is 0 Å². The summed E-state index contributed by atoms with van der Waals surface area (Å²) in [4.78, 5) is 44.8. The van der Waals surface area contributed by atoms with Crippen LogP contribution in [0.2, 0.25) is 5.02 Å². The Bertz CT molecular complexity index is 1140. The summed E-state index contributed by atoms with van der Waals surface area (Å²) in [7, 11) is 1.25. The van der Waals surface area contributed by atoms with Gasteiger partial charge in [-0.2, -0.15) is 0 Å². The number of halogens is 1. The summed E-state index contributed by atoms with van der Waals surface area (Å²) in [6.45, 7) is 10.2. The molecule has 0 saturated carbocycles. The summed E-state index contributed by atoms with van der Waals surface area (Å²) in [6.07, 6.45) is 0. The second kappa shape index (κ2) is 12.0. The Labute approximate surface area is 210 Å². The number of aliphatic imine (C=N–C) groups is 1. The van der Waals surface area contributed by atoms with E-state index in [0.717, 1.165) is 11.3 Å². The summed E-state index contributed by atoms with van der Waals surface area (Å²) in [5.41, 5.74) is 1.32. The topological polar surface area (TPSA) is 108 Å². The molecule has 0 bridgehead atoms. The smallest absolute Gasteiger partial charge is 0.337 e. The maximum atomic E-state index is 13.3. The van der Waals surface area contributed by atoms with Crippen molar-refractivity contribution >= 4 is 52.0 Å². The average molecular weight is 502 g/mol. The average Bonchev–Trinajstić information content (AvgIpc) is 2.81. The number of aryl methyl sites for hydroxylation is 1. The minimum Gasteiger partial charge on any atom is -0.465 e. The number of methoxy groups -OCH3 is 1. The minimum absolute atomic E-state index is 0.0247. The number of benzene rings is 2. The molecule has 0 saturated heterocycles. The second-order valence-electron chi connectivity index (χ2n) is 8.95. The molecule has 0 radical (unpaired) electrons. The SMILES string of the molecule is CCN(CCO)c1ccc(/N=C(\C(=O)Nc2cc(C(=O)OC)ccc2Cl)C(=O)C(C)(C)C)c(C)c1. The number of anilines is 2. The number of rotatable bonds is 9. The van der Waals surface area contributed by atoms with Crippen molar-refractivity contribution in [1.82, 2.24) is 0 Å². The number of aliphatic hydroxyl groups excluding tert-OH is 1. The molecule has 1 amide bonds. The van der Waals surface area contributed by atoms with Gasteiger partial charge in [-0.25, -0.2) is 9.79 Å². The maximum absolute atomic E-state index is 13.3. The lowest BCUT2D eigenvalue weighted by Crippen LogP contribution is -2.37. The van der Waals surface area contributed by atoms with Crippen molar-refractivity contribution in [2.45, 2.75) is 34.6 Å². The second-order valence-corrected chi connectivity index (χ2v) is 9.36. The van der Waals surface area contributed by atoms with E-state index in [1.165, 1.54) is 25.3 Å². The molecule has 0 aliphatic heterocycles. The highest BCUT2D eigenvalue weighted by Crippen LogP contribution is 2.28. The molecule has 8 nitrogen and oxygen atoms in total. The zero-order chi connectivity index (χ0) is 26.3. The van der Waals surface area contributed by atoms with Crippen LogP contribution in [0.15, 0.2) is 41.4 Å². The summed E-state index contributed by atoms with van der Waals surface area (Å²) < 4.78 is 4.72. The van der Waals surface area contributed by atoms with E-state index < -0.39 is 23.1 Å². The van der Waals surface area contributed by atoms with Crippen molar-refractivity contribution in [2.75, 3.05) is 37.0 Å². The number of esters is 1. The Balaban J connectivity index is 2.50. The summed E-state index contributed by atoms with van der Waals surface area (Å²) in [6, 6.07) is 9.77. The highest BCUT2D eigenvalue weighted by atomic mass is 35.5. The molecule has 0 aromatic heterocycles. The van der Waals surface area contributed by atoms with Crippen LogP contribution in [0.3, 0.4) is 0 Å². The van der Waals surface area contributed by atoms with Crippen LogP contribution >= 0.6 is 11.6 Å². The predicted octanol–water partition coefficient (Wildman–Crippen LogP) is 4.58. The highest BCUT2D eigenvalue weighted by Gasteiger charge is 2.31. The van der Waals surface area contributed by atoms with Gasteiger partial charge in [-0.3, -0.25) is 9.59 Å². The van der Waals surface area contributed by atoms with Gasteiger partial charge in [0.2, 0.25) is 0 Å². The van der Waals surface area contributed by atoms with Crippen LogP contribution in [0.4, 0.5) is 17.1 Å². The summed E-state index contributed by atoms with van der Waals surface area (Å²) >= 11 is 6.22. The van der Waals surface area contributed by atoms with Crippen LogP contribution in [-0.4, -0.2) is 55.3 Å². The first kappa shape index (κ1) is 28.0. The number of likely N-dealkylation sites (N-methyl/N-ethyl adjacent to an activating group) is 1. The number of nitrogens with one attached hydrogen (secondary N) is 1. The lowest BCUT2D eigenvalue weighted by atomic mass is 9.87. The molecule has 0 heterocycles. The van der Waals surface area contributed by atoms with Crippen LogP contribution in [0.1, 0.15) is 43.6 Å². The number of amides is 1. The Morgan fingerprint density at radius 3 is 2.37 bits per heavy atom. The molecule has 0 atom stereocenters. The fourth-order valence-electron chi connectivity index (χ4n) is 3.28. The van der Waals surface area contributed by atoms with Crippen LogP contribution in [0.5, 0.6) is 0 Å². The number of hydrogen-bond acceptors (Lipinski definition) is 7.